The lowest BCUT2D eigenvalue weighted by Gasteiger charge is -2.14. The Labute approximate surface area is 246 Å². The lowest BCUT2D eigenvalue weighted by atomic mass is 9.99. The van der Waals surface area contributed by atoms with Gasteiger partial charge in [0.05, 0.1) is 16.6 Å². The zero-order valence-electron chi connectivity index (χ0n) is 22.9. The minimum absolute atomic E-state index is 0.158. The summed E-state index contributed by atoms with van der Waals surface area (Å²) in [6, 6.07) is 33.7. The number of aromatic carboxylic acids is 1. The number of nitrogens with one attached hydrogen (secondary N) is 1. The van der Waals surface area contributed by atoms with Gasteiger partial charge in [-0.2, -0.15) is 0 Å². The van der Waals surface area contributed by atoms with Gasteiger partial charge >= 0.3 is 5.97 Å². The third kappa shape index (κ3) is 5.92. The molecule has 0 spiro atoms. The first-order chi connectivity index (χ1) is 20.9. The van der Waals surface area contributed by atoms with Crippen molar-refractivity contribution in [2.24, 2.45) is 0 Å². The van der Waals surface area contributed by atoms with E-state index < -0.39 is 17.6 Å². The molecule has 0 radical (unpaired) electrons. The van der Waals surface area contributed by atoms with Crippen molar-refractivity contribution >= 4 is 22.8 Å². The molecule has 212 valence electrons. The molecule has 1 heterocycles. The molecule has 0 unspecified atom stereocenters. The molecule has 0 aliphatic carbocycles. The summed E-state index contributed by atoms with van der Waals surface area (Å²) in [7, 11) is 0. The fraction of sp³-hybridized carbons (Fsp3) is 0.0556. The second kappa shape index (κ2) is 11.7. The van der Waals surface area contributed by atoms with E-state index in [1.165, 1.54) is 18.2 Å². The van der Waals surface area contributed by atoms with Crippen LogP contribution in [0.4, 0.5) is 8.78 Å². The number of fused-ring (bicyclic) bond motifs is 1. The second-order valence-electron chi connectivity index (χ2n) is 10.3. The molecule has 7 heteroatoms. The van der Waals surface area contributed by atoms with E-state index in [9.17, 15) is 18.4 Å². The van der Waals surface area contributed by atoms with Crippen LogP contribution >= 0.6 is 0 Å². The van der Waals surface area contributed by atoms with Crippen molar-refractivity contribution in [3.63, 3.8) is 0 Å². The summed E-state index contributed by atoms with van der Waals surface area (Å²) < 4.78 is 29.8. The highest BCUT2D eigenvalue weighted by Crippen LogP contribution is 2.31. The number of nitrogens with zero attached hydrogens (tertiary/aromatic N) is 1. The molecular weight excluding hydrogens is 546 g/mol. The van der Waals surface area contributed by atoms with Gasteiger partial charge < -0.3 is 15.0 Å². The van der Waals surface area contributed by atoms with Crippen molar-refractivity contribution in [2.75, 3.05) is 0 Å². The summed E-state index contributed by atoms with van der Waals surface area (Å²) in [5.74, 6) is -3.29. The third-order valence-corrected chi connectivity index (χ3v) is 7.40. The molecule has 0 fully saturated rings. The molecule has 2 N–H and O–H groups in total. The number of benzene rings is 5. The number of carboxylic acid groups (broad SMARTS) is 1. The average Bonchev–Trinajstić information content (AvgIpc) is 3.44. The van der Waals surface area contributed by atoms with Gasteiger partial charge in [0.1, 0.15) is 0 Å². The van der Waals surface area contributed by atoms with Crippen LogP contribution in [0.25, 0.3) is 33.2 Å². The fourth-order valence-electron chi connectivity index (χ4n) is 5.22. The Morgan fingerprint density at radius 2 is 1.42 bits per heavy atom. The van der Waals surface area contributed by atoms with Gasteiger partial charge in [-0.05, 0) is 81.9 Å². The average molecular weight is 573 g/mol. The van der Waals surface area contributed by atoms with Gasteiger partial charge in [0, 0.05) is 24.7 Å². The van der Waals surface area contributed by atoms with E-state index in [2.05, 4.69) is 29.6 Å². The molecule has 0 saturated heterocycles. The van der Waals surface area contributed by atoms with E-state index in [0.29, 0.717) is 28.8 Å². The van der Waals surface area contributed by atoms with Gasteiger partial charge in [0.15, 0.2) is 11.6 Å². The normalized spacial score (nSPS) is 11.0. The van der Waals surface area contributed by atoms with E-state index in [4.69, 9.17) is 5.11 Å². The predicted molar refractivity (Wildman–Crippen MR) is 163 cm³/mol. The monoisotopic (exact) mass is 572 g/mol. The van der Waals surface area contributed by atoms with Crippen molar-refractivity contribution in [3.05, 3.63) is 155 Å². The molecule has 1 amide bonds. The second-order valence-corrected chi connectivity index (χ2v) is 10.3. The summed E-state index contributed by atoms with van der Waals surface area (Å²) in [6.45, 7) is 0.682. The van der Waals surface area contributed by atoms with Crippen LogP contribution in [-0.4, -0.2) is 21.6 Å². The van der Waals surface area contributed by atoms with E-state index in [1.54, 1.807) is 18.2 Å². The Morgan fingerprint density at radius 1 is 0.674 bits per heavy atom. The summed E-state index contributed by atoms with van der Waals surface area (Å²) >= 11 is 0. The molecule has 0 saturated carbocycles. The van der Waals surface area contributed by atoms with Crippen LogP contribution in [0.5, 0.6) is 0 Å². The highest BCUT2D eigenvalue weighted by atomic mass is 19.2. The van der Waals surface area contributed by atoms with Crippen LogP contribution in [0.1, 0.15) is 31.8 Å². The van der Waals surface area contributed by atoms with Gasteiger partial charge in [-0.15, -0.1) is 0 Å². The van der Waals surface area contributed by atoms with Crippen LogP contribution in [0.3, 0.4) is 0 Å². The molecule has 5 aromatic carbocycles. The zero-order chi connectivity index (χ0) is 29.9. The highest BCUT2D eigenvalue weighted by molar-refractivity contribution is 6.08. The standard InChI is InChI=1S/C36H26F2N2O3/c37-32-14-13-28(20-33(32)38)30-18-29-15-16-40(22-24-5-4-8-27(17-24)25-6-2-1-3-7-25)34(29)31(19-30)35(41)39-21-23-9-11-26(12-10-23)36(42)43/h1-20H,21-22H2,(H,39,41)(H,42,43). The molecular formula is C36H26F2N2O3. The highest BCUT2D eigenvalue weighted by Gasteiger charge is 2.18. The summed E-state index contributed by atoms with van der Waals surface area (Å²) in [5, 5.41) is 12.9. The van der Waals surface area contributed by atoms with Crippen molar-refractivity contribution in [1.29, 1.82) is 0 Å². The van der Waals surface area contributed by atoms with Gasteiger partial charge in [0.2, 0.25) is 0 Å². The molecule has 0 bridgehead atoms. The first kappa shape index (κ1) is 27.6. The van der Waals surface area contributed by atoms with Crippen LogP contribution < -0.4 is 5.32 Å². The van der Waals surface area contributed by atoms with Gasteiger partial charge in [-0.1, -0.05) is 66.7 Å². The molecule has 5 nitrogen and oxygen atoms in total. The number of rotatable bonds is 8. The minimum Gasteiger partial charge on any atom is -0.478 e. The maximum absolute atomic E-state index is 14.1. The molecule has 43 heavy (non-hydrogen) atoms. The molecule has 6 aromatic rings. The Morgan fingerprint density at radius 3 is 2.16 bits per heavy atom. The first-order valence-electron chi connectivity index (χ1n) is 13.7. The maximum Gasteiger partial charge on any atom is 0.335 e. The number of hydrogen-bond donors (Lipinski definition) is 2. The number of carboxylic acids is 1. The van der Waals surface area contributed by atoms with Gasteiger partial charge in [0.25, 0.3) is 5.91 Å². The lowest BCUT2D eigenvalue weighted by molar-refractivity contribution is 0.0696. The maximum atomic E-state index is 14.1. The Balaban J connectivity index is 1.37. The third-order valence-electron chi connectivity index (χ3n) is 7.40. The quantitative estimate of drug-likeness (QED) is 0.195. The lowest BCUT2D eigenvalue weighted by Crippen LogP contribution is -2.23. The molecule has 0 aliphatic rings. The smallest absolute Gasteiger partial charge is 0.335 e. The van der Waals surface area contributed by atoms with Crippen LogP contribution in [0.2, 0.25) is 0 Å². The van der Waals surface area contributed by atoms with Gasteiger partial charge in [-0.3, -0.25) is 4.79 Å². The molecule has 0 atom stereocenters. The largest absolute Gasteiger partial charge is 0.478 e. The summed E-state index contributed by atoms with van der Waals surface area (Å²) in [6.07, 6.45) is 1.91. The van der Waals surface area contributed by atoms with Crippen molar-refractivity contribution in [2.45, 2.75) is 13.1 Å². The molecule has 6 rings (SSSR count). The van der Waals surface area contributed by atoms with Crippen LogP contribution in [0, 0.1) is 11.6 Å². The zero-order valence-corrected chi connectivity index (χ0v) is 22.9. The number of aromatic nitrogens is 1. The number of carbonyl (C=O) groups is 2. The molecule has 1 aromatic heterocycles. The predicted octanol–water partition coefficient (Wildman–Crippen LogP) is 7.93. The molecule has 0 aliphatic heterocycles. The Kier molecular flexibility index (Phi) is 7.54. The summed E-state index contributed by atoms with van der Waals surface area (Å²) in [4.78, 5) is 24.9. The van der Waals surface area contributed by atoms with Crippen molar-refractivity contribution in [3.8, 4) is 22.3 Å². The number of amides is 1. The van der Waals surface area contributed by atoms with Crippen molar-refractivity contribution in [1.82, 2.24) is 9.88 Å². The number of hydrogen-bond acceptors (Lipinski definition) is 2. The number of carbonyl (C=O) groups excluding carboxylic acids is 1. The topological polar surface area (TPSA) is 71.3 Å². The SMILES string of the molecule is O=C(O)c1ccc(CNC(=O)c2cc(-c3ccc(F)c(F)c3)cc3ccn(Cc4cccc(-c5ccccc5)c4)c23)cc1. The van der Waals surface area contributed by atoms with Gasteiger partial charge in [-0.25, -0.2) is 13.6 Å². The minimum atomic E-state index is -1.03. The van der Waals surface area contributed by atoms with E-state index in [-0.39, 0.29) is 18.0 Å². The first-order valence-corrected chi connectivity index (χ1v) is 13.7. The van der Waals surface area contributed by atoms with E-state index >= 15 is 0 Å². The van der Waals surface area contributed by atoms with Crippen LogP contribution in [-0.2, 0) is 13.1 Å². The summed E-state index contributed by atoms with van der Waals surface area (Å²) in [5.41, 5.74) is 6.24. The van der Waals surface area contributed by atoms with Crippen molar-refractivity contribution < 1.29 is 23.5 Å². The number of halogens is 2. The fourth-order valence-corrected chi connectivity index (χ4v) is 5.22. The van der Waals surface area contributed by atoms with E-state index in [1.807, 2.05) is 53.2 Å². The van der Waals surface area contributed by atoms with Crippen LogP contribution in [0.15, 0.2) is 121 Å². The Hall–Kier alpha value is -5.56. The van der Waals surface area contributed by atoms with E-state index in [0.717, 1.165) is 39.8 Å². The Bertz CT molecular complexity index is 1970.